The van der Waals surface area contributed by atoms with E-state index >= 15 is 0 Å². The van der Waals surface area contributed by atoms with E-state index in [-0.39, 0.29) is 17.6 Å². The van der Waals surface area contributed by atoms with E-state index in [1.54, 1.807) is 0 Å². The van der Waals surface area contributed by atoms with E-state index in [1.165, 1.54) is 99.2 Å². The van der Waals surface area contributed by atoms with E-state index in [0.29, 0.717) is 53.3 Å². The van der Waals surface area contributed by atoms with E-state index < -0.39 is 11.4 Å². The van der Waals surface area contributed by atoms with E-state index in [9.17, 15) is 15.0 Å². The normalized spacial score (nSPS) is 46.4. The van der Waals surface area contributed by atoms with Gasteiger partial charge in [-0.25, -0.2) is 0 Å². The molecule has 0 bridgehead atoms. The van der Waals surface area contributed by atoms with Crippen LogP contribution in [0.25, 0.3) is 0 Å². The number of thioether (sulfide) groups is 1. The van der Waals surface area contributed by atoms with E-state index in [0.717, 1.165) is 24.8 Å². The lowest BCUT2D eigenvalue weighted by molar-refractivity contribution is -0.201. The molecule has 7 aliphatic rings. The number of hydrogen-bond acceptors (Lipinski definition) is 5. The molecule has 1 saturated heterocycles. The number of fused-ring (bicyclic) bond motifs is 7. The molecule has 4 saturated carbocycles. The second-order valence-electron chi connectivity index (χ2n) is 19.2. The summed E-state index contributed by atoms with van der Waals surface area (Å²) in [5, 5.41) is 24.2. The summed E-state index contributed by atoms with van der Waals surface area (Å²) in [7, 11) is 0. The molecule has 5 fully saturated rings. The van der Waals surface area contributed by atoms with Gasteiger partial charge in [0.15, 0.2) is 0 Å². The molecule has 1 heterocycles. The summed E-state index contributed by atoms with van der Waals surface area (Å²) in [5.74, 6) is 6.45. The summed E-state index contributed by atoms with van der Waals surface area (Å²) in [6.07, 6.45) is 17.2. The van der Waals surface area contributed by atoms with Crippen molar-refractivity contribution < 1.29 is 15.0 Å². The van der Waals surface area contributed by atoms with Gasteiger partial charge in [-0.05, 0) is 146 Å². The molecular weight excluding hydrogens is 625 g/mol. The fraction of sp³-hybridized carbons (Fsp3) is 0.837. The average Bonchev–Trinajstić information content (AvgIpc) is 3.47. The van der Waals surface area contributed by atoms with Gasteiger partial charge in [-0.3, -0.25) is 4.79 Å². The molecular formula is C43H68N2O3S. The Kier molecular flexibility index (Phi) is 9.70. The highest BCUT2D eigenvalue weighted by atomic mass is 32.2. The number of carbonyl (C=O) groups is 1. The number of carboxylic acids is 1. The van der Waals surface area contributed by atoms with Crippen LogP contribution in [0.3, 0.4) is 0 Å². The van der Waals surface area contributed by atoms with Crippen LogP contribution in [0, 0.1) is 63.1 Å². The number of aliphatic carboxylic acids is 1. The van der Waals surface area contributed by atoms with Crippen molar-refractivity contribution in [3.05, 3.63) is 35.5 Å². The molecule has 6 heteroatoms. The molecule has 0 radical (unpaired) electrons. The molecule has 0 aromatic rings. The smallest absolute Gasteiger partial charge is 0.312 e. The molecule has 11 atom stereocenters. The molecule has 0 aromatic carbocycles. The molecule has 7 rings (SSSR count). The monoisotopic (exact) mass is 692 g/mol. The van der Waals surface area contributed by atoms with Gasteiger partial charge in [0.05, 0.1) is 12.0 Å². The fourth-order valence-electron chi connectivity index (χ4n) is 14.1. The first-order valence-electron chi connectivity index (χ1n) is 20.2. The lowest BCUT2D eigenvalue weighted by Crippen LogP contribution is -2.67. The van der Waals surface area contributed by atoms with Crippen molar-refractivity contribution in [1.82, 2.24) is 10.2 Å². The van der Waals surface area contributed by atoms with Gasteiger partial charge in [0, 0.05) is 43.2 Å². The van der Waals surface area contributed by atoms with E-state index in [1.807, 2.05) is 0 Å². The van der Waals surface area contributed by atoms with Crippen LogP contribution in [0.1, 0.15) is 112 Å². The van der Waals surface area contributed by atoms with Gasteiger partial charge in [0.2, 0.25) is 0 Å². The topological polar surface area (TPSA) is 72.8 Å². The number of allylic oxidation sites excluding steroid dienone is 5. The predicted octanol–water partition coefficient (Wildman–Crippen LogP) is 8.60. The van der Waals surface area contributed by atoms with Crippen LogP contribution >= 0.6 is 11.8 Å². The first kappa shape index (κ1) is 36.3. The maximum atomic E-state index is 12.1. The molecule has 274 valence electrons. The summed E-state index contributed by atoms with van der Waals surface area (Å²) in [6, 6.07) is 0. The number of nitrogens with zero attached hydrogens (tertiary/aromatic N) is 1. The van der Waals surface area contributed by atoms with E-state index in [4.69, 9.17) is 0 Å². The first-order chi connectivity index (χ1) is 23.2. The predicted molar refractivity (Wildman–Crippen MR) is 204 cm³/mol. The van der Waals surface area contributed by atoms with Crippen molar-refractivity contribution >= 4 is 17.7 Å². The Morgan fingerprint density at radius 3 is 2.35 bits per heavy atom. The Morgan fingerprint density at radius 1 is 0.980 bits per heavy atom. The second-order valence-corrected chi connectivity index (χ2v) is 20.5. The lowest BCUT2D eigenvalue weighted by Gasteiger charge is -2.70. The van der Waals surface area contributed by atoms with Gasteiger partial charge >= 0.3 is 5.97 Å². The summed E-state index contributed by atoms with van der Waals surface area (Å²) in [5.41, 5.74) is 4.29. The highest BCUT2D eigenvalue weighted by Gasteiger charge is 2.69. The minimum Gasteiger partial charge on any atom is -0.481 e. The summed E-state index contributed by atoms with van der Waals surface area (Å²) in [6.45, 7) is 24.5. The van der Waals surface area contributed by atoms with Gasteiger partial charge in [0.1, 0.15) is 0 Å². The summed E-state index contributed by atoms with van der Waals surface area (Å²) in [4.78, 5) is 14.8. The number of aliphatic hydroxyl groups excluding tert-OH is 1. The summed E-state index contributed by atoms with van der Waals surface area (Å²) >= 11 is 2.11. The Hall–Kier alpha value is -1.08. The fourth-order valence-corrected chi connectivity index (χ4v) is 15.0. The van der Waals surface area contributed by atoms with Gasteiger partial charge in [-0.1, -0.05) is 58.9 Å². The quantitative estimate of drug-likeness (QED) is 0.222. The van der Waals surface area contributed by atoms with Crippen molar-refractivity contribution in [2.75, 3.05) is 44.3 Å². The van der Waals surface area contributed by atoms with Gasteiger partial charge in [-0.2, -0.15) is 11.8 Å². The minimum absolute atomic E-state index is 0.0692. The van der Waals surface area contributed by atoms with Crippen LogP contribution in [-0.2, 0) is 4.79 Å². The molecule has 0 aromatic heterocycles. The van der Waals surface area contributed by atoms with Crippen molar-refractivity contribution in [2.24, 2.45) is 63.1 Å². The number of hydrogen-bond donors (Lipinski definition) is 3. The van der Waals surface area contributed by atoms with Crippen LogP contribution in [-0.4, -0.2) is 70.9 Å². The van der Waals surface area contributed by atoms with Crippen LogP contribution in [0.4, 0.5) is 0 Å². The minimum atomic E-state index is -1.01. The zero-order chi connectivity index (χ0) is 35.0. The SMILES string of the molecule is C=C(C)[C@@H]1CC[C@]2(NCCN3CCSCC3)CC[C@]3(C)[C@H](CC[C@@H]4[C@@H]5[C@@H](CC[C@]43C)C(C)(C)C(C3=CC[C@@](CO)(C(=O)O)CC3)=C[C@@H]5C)[C@@H]12. The molecule has 0 amide bonds. The molecule has 0 unspecified atom stereocenters. The summed E-state index contributed by atoms with van der Waals surface area (Å²) < 4.78 is 0. The molecule has 6 aliphatic carbocycles. The second kappa shape index (κ2) is 13.1. The maximum Gasteiger partial charge on any atom is 0.312 e. The standard InChI is InChI=1S/C43H68N2O3S/c1-28(2)31-12-17-43(44-20-21-45-22-24-49-25-23-45)19-18-41(7)34(37(31)43)9-8-33-36-29(3)26-35(39(4,5)32(36)13-14-40(33,41)6)30-10-15-42(27-46,16-11-30)38(47)48/h10,26,29,31-34,36-37,44,46H,1,8-9,11-25,27H2,2-7H3,(H,47,48)/t29-,31-,32+,33+,34+,36-,37+,40+,41+,42+,43-/m0/s1. The van der Waals surface area contributed by atoms with Crippen molar-refractivity contribution in [1.29, 1.82) is 0 Å². The van der Waals surface area contributed by atoms with Crippen molar-refractivity contribution in [3.63, 3.8) is 0 Å². The van der Waals surface area contributed by atoms with Crippen molar-refractivity contribution in [2.45, 2.75) is 118 Å². The maximum absolute atomic E-state index is 12.1. The number of nitrogens with one attached hydrogen (secondary N) is 1. The molecule has 3 N–H and O–H groups in total. The third-order valence-corrected chi connectivity index (χ3v) is 18.1. The largest absolute Gasteiger partial charge is 0.481 e. The third kappa shape index (κ3) is 5.61. The van der Waals surface area contributed by atoms with Gasteiger partial charge in [0.25, 0.3) is 0 Å². The Bertz CT molecular complexity index is 1370. The third-order valence-electron chi connectivity index (χ3n) is 17.1. The average molecular weight is 693 g/mol. The van der Waals surface area contributed by atoms with Crippen LogP contribution in [0.5, 0.6) is 0 Å². The Balaban J connectivity index is 1.14. The highest BCUT2D eigenvalue weighted by molar-refractivity contribution is 7.99. The first-order valence-corrected chi connectivity index (χ1v) is 21.3. The molecule has 1 aliphatic heterocycles. The van der Waals surface area contributed by atoms with E-state index in [2.05, 4.69) is 82.3 Å². The number of carboxylic acid groups (broad SMARTS) is 1. The zero-order valence-corrected chi connectivity index (χ0v) is 32.6. The van der Waals surface area contributed by atoms with Crippen LogP contribution in [0.2, 0.25) is 0 Å². The number of rotatable bonds is 8. The molecule has 0 spiro atoms. The van der Waals surface area contributed by atoms with Crippen molar-refractivity contribution in [3.8, 4) is 0 Å². The Labute approximate surface area is 302 Å². The number of aliphatic hydroxyl groups is 1. The Morgan fingerprint density at radius 2 is 1.69 bits per heavy atom. The zero-order valence-electron chi connectivity index (χ0n) is 31.8. The highest BCUT2D eigenvalue weighted by Crippen LogP contribution is 2.74. The van der Waals surface area contributed by atoms with Gasteiger partial charge in [-0.15, -0.1) is 0 Å². The molecule has 49 heavy (non-hydrogen) atoms. The van der Waals surface area contributed by atoms with Crippen LogP contribution in [0.15, 0.2) is 35.5 Å². The molecule has 5 nitrogen and oxygen atoms in total. The lowest BCUT2D eigenvalue weighted by atomic mass is 9.35. The van der Waals surface area contributed by atoms with Gasteiger partial charge < -0.3 is 20.4 Å². The van der Waals surface area contributed by atoms with Crippen LogP contribution < -0.4 is 5.32 Å².